The number of halogens is 1. The minimum atomic E-state index is -3.14. The van der Waals surface area contributed by atoms with Gasteiger partial charge in [-0.3, -0.25) is 0 Å². The molecule has 1 saturated heterocycles. The van der Waals surface area contributed by atoms with Crippen LogP contribution in [0.25, 0.3) is 0 Å². The van der Waals surface area contributed by atoms with Crippen molar-refractivity contribution in [3.8, 4) is 0 Å². The van der Waals surface area contributed by atoms with Gasteiger partial charge in [0.25, 0.3) is 0 Å². The second-order valence-electron chi connectivity index (χ2n) is 5.93. The lowest BCUT2D eigenvalue weighted by atomic mass is 10.1. The number of hydrogen-bond acceptors (Lipinski definition) is 3. The van der Waals surface area contributed by atoms with E-state index in [-0.39, 0.29) is 23.9 Å². The monoisotopic (exact) mass is 373 g/mol. The molecule has 0 aliphatic carbocycles. The van der Waals surface area contributed by atoms with Crippen molar-refractivity contribution in [2.24, 2.45) is 0 Å². The zero-order chi connectivity index (χ0) is 17.7. The van der Waals surface area contributed by atoms with Gasteiger partial charge >= 0.3 is 6.03 Å². The van der Waals surface area contributed by atoms with Gasteiger partial charge in [0.15, 0.2) is 0 Å². The first-order valence-electron chi connectivity index (χ1n) is 8.12. The number of nitrogens with zero attached hydrogens (tertiary/aromatic N) is 1. The first-order valence-corrected chi connectivity index (χ1v) is 10.1. The van der Waals surface area contributed by atoms with Crippen LogP contribution in [0.4, 0.5) is 4.79 Å². The van der Waals surface area contributed by atoms with Gasteiger partial charge in [0, 0.05) is 24.2 Å². The van der Waals surface area contributed by atoms with Crippen LogP contribution in [0.5, 0.6) is 0 Å². The molecule has 0 radical (unpaired) electrons. The van der Waals surface area contributed by atoms with Gasteiger partial charge in [0.2, 0.25) is 10.0 Å². The maximum Gasteiger partial charge on any atom is 0.315 e. The number of urea groups is 1. The van der Waals surface area contributed by atoms with Crippen molar-refractivity contribution in [1.29, 1.82) is 0 Å². The molecule has 1 fully saturated rings. The molecule has 2 rings (SSSR count). The SMILES string of the molecule is CCS(=O)(=O)N1CCC(NC(=O)N[C@H](C)c2ccccc2Cl)CC1. The lowest BCUT2D eigenvalue weighted by Crippen LogP contribution is -2.49. The summed E-state index contributed by atoms with van der Waals surface area (Å²) in [5, 5.41) is 6.40. The number of benzene rings is 1. The Bertz CT molecular complexity index is 673. The van der Waals surface area contributed by atoms with Crippen LogP contribution in [0, 0.1) is 0 Å². The normalized spacial score (nSPS) is 18.1. The van der Waals surface area contributed by atoms with E-state index in [2.05, 4.69) is 10.6 Å². The van der Waals surface area contributed by atoms with E-state index >= 15 is 0 Å². The highest BCUT2D eigenvalue weighted by Crippen LogP contribution is 2.22. The van der Waals surface area contributed by atoms with Crippen molar-refractivity contribution in [1.82, 2.24) is 14.9 Å². The van der Waals surface area contributed by atoms with Crippen LogP contribution in [0.3, 0.4) is 0 Å². The van der Waals surface area contributed by atoms with Gasteiger partial charge in [-0.1, -0.05) is 29.8 Å². The van der Waals surface area contributed by atoms with E-state index in [1.54, 1.807) is 13.0 Å². The number of sulfonamides is 1. The number of rotatable bonds is 5. The van der Waals surface area contributed by atoms with E-state index in [4.69, 9.17) is 11.6 Å². The van der Waals surface area contributed by atoms with Gasteiger partial charge in [-0.2, -0.15) is 0 Å². The molecule has 0 aromatic heterocycles. The fraction of sp³-hybridized carbons (Fsp3) is 0.562. The third-order valence-corrected chi connectivity index (χ3v) is 6.49. The van der Waals surface area contributed by atoms with E-state index < -0.39 is 10.0 Å². The third kappa shape index (κ3) is 4.84. The molecular formula is C16H24ClN3O3S. The molecule has 1 aliphatic rings. The third-order valence-electron chi connectivity index (χ3n) is 4.27. The Hall–Kier alpha value is -1.31. The van der Waals surface area contributed by atoms with E-state index in [0.29, 0.717) is 31.0 Å². The van der Waals surface area contributed by atoms with Gasteiger partial charge in [-0.15, -0.1) is 0 Å². The van der Waals surface area contributed by atoms with Gasteiger partial charge in [-0.05, 0) is 38.3 Å². The lowest BCUT2D eigenvalue weighted by molar-refractivity contribution is 0.225. The number of carbonyl (C=O) groups excluding carboxylic acids is 1. The molecule has 0 saturated carbocycles. The Morgan fingerprint density at radius 2 is 1.96 bits per heavy atom. The number of nitrogens with one attached hydrogen (secondary N) is 2. The first-order chi connectivity index (χ1) is 11.3. The van der Waals surface area contributed by atoms with Crippen molar-refractivity contribution < 1.29 is 13.2 Å². The second-order valence-corrected chi connectivity index (χ2v) is 8.60. The molecule has 134 valence electrons. The molecule has 0 spiro atoms. The van der Waals surface area contributed by atoms with Crippen molar-refractivity contribution in [2.45, 2.75) is 38.8 Å². The molecule has 1 aromatic carbocycles. The zero-order valence-electron chi connectivity index (χ0n) is 14.0. The van der Waals surface area contributed by atoms with Crippen LogP contribution in [-0.2, 0) is 10.0 Å². The molecule has 1 aliphatic heterocycles. The molecule has 1 aromatic rings. The molecule has 1 atom stereocenters. The van der Waals surface area contributed by atoms with Crippen molar-refractivity contribution in [3.63, 3.8) is 0 Å². The standard InChI is InChI=1S/C16H24ClN3O3S/c1-3-24(22,23)20-10-8-13(9-11-20)19-16(21)18-12(2)14-6-4-5-7-15(14)17/h4-7,12-13H,3,8-11H2,1-2H3,(H2,18,19,21)/t12-/m1/s1. The fourth-order valence-electron chi connectivity index (χ4n) is 2.79. The number of piperidine rings is 1. The van der Waals surface area contributed by atoms with Crippen molar-refractivity contribution in [3.05, 3.63) is 34.9 Å². The molecule has 24 heavy (non-hydrogen) atoms. The van der Waals surface area contributed by atoms with Crippen LogP contribution in [-0.4, -0.2) is 43.6 Å². The maximum atomic E-state index is 12.1. The fourth-order valence-corrected chi connectivity index (χ4v) is 4.22. The molecular weight excluding hydrogens is 350 g/mol. The van der Waals surface area contributed by atoms with Gasteiger partial charge < -0.3 is 10.6 Å². The molecule has 0 unspecified atom stereocenters. The summed E-state index contributed by atoms with van der Waals surface area (Å²) in [6.07, 6.45) is 1.24. The average Bonchev–Trinajstić information content (AvgIpc) is 2.55. The second kappa shape index (κ2) is 8.18. The van der Waals surface area contributed by atoms with Gasteiger partial charge in [-0.25, -0.2) is 17.5 Å². The molecule has 2 N–H and O–H groups in total. The quantitative estimate of drug-likeness (QED) is 0.832. The summed E-state index contributed by atoms with van der Waals surface area (Å²) in [5.41, 5.74) is 0.859. The smallest absolute Gasteiger partial charge is 0.315 e. The highest BCUT2D eigenvalue weighted by atomic mass is 35.5. The molecule has 2 amide bonds. The van der Waals surface area contributed by atoms with Crippen LogP contribution in [0.1, 0.15) is 38.3 Å². The minimum absolute atomic E-state index is 0.0215. The summed E-state index contributed by atoms with van der Waals surface area (Å²) in [6.45, 7) is 4.41. The predicted molar refractivity (Wildman–Crippen MR) is 95.6 cm³/mol. The van der Waals surface area contributed by atoms with E-state index in [9.17, 15) is 13.2 Å². The number of carbonyl (C=O) groups is 1. The highest BCUT2D eigenvalue weighted by Gasteiger charge is 2.27. The Morgan fingerprint density at radius 1 is 1.33 bits per heavy atom. The largest absolute Gasteiger partial charge is 0.335 e. The summed E-state index contributed by atoms with van der Waals surface area (Å²) >= 11 is 6.13. The minimum Gasteiger partial charge on any atom is -0.335 e. The highest BCUT2D eigenvalue weighted by molar-refractivity contribution is 7.89. The Kier molecular flexibility index (Phi) is 6.48. The zero-order valence-corrected chi connectivity index (χ0v) is 15.5. The van der Waals surface area contributed by atoms with E-state index in [1.165, 1.54) is 4.31 Å². The molecule has 8 heteroatoms. The summed E-state index contributed by atoms with van der Waals surface area (Å²) in [7, 11) is -3.14. The van der Waals surface area contributed by atoms with Crippen LogP contribution in [0.15, 0.2) is 24.3 Å². The Morgan fingerprint density at radius 3 is 2.54 bits per heavy atom. The van der Waals surface area contributed by atoms with Crippen molar-refractivity contribution in [2.75, 3.05) is 18.8 Å². The molecule has 6 nitrogen and oxygen atoms in total. The molecule has 0 bridgehead atoms. The van der Waals surface area contributed by atoms with Gasteiger partial charge in [0.1, 0.15) is 0 Å². The van der Waals surface area contributed by atoms with Crippen LogP contribution < -0.4 is 10.6 Å². The number of amides is 2. The maximum absolute atomic E-state index is 12.1. The lowest BCUT2D eigenvalue weighted by Gasteiger charge is -2.31. The number of hydrogen-bond donors (Lipinski definition) is 2. The van der Waals surface area contributed by atoms with Crippen LogP contribution in [0.2, 0.25) is 5.02 Å². The molecule has 1 heterocycles. The summed E-state index contributed by atoms with van der Waals surface area (Å²) in [5.74, 6) is 0.112. The Balaban J connectivity index is 1.83. The average molecular weight is 374 g/mol. The van der Waals surface area contributed by atoms with E-state index in [1.807, 2.05) is 25.1 Å². The summed E-state index contributed by atoms with van der Waals surface area (Å²) in [6, 6.07) is 6.89. The predicted octanol–water partition coefficient (Wildman–Crippen LogP) is 2.51. The van der Waals surface area contributed by atoms with Gasteiger partial charge in [0.05, 0.1) is 11.8 Å². The van der Waals surface area contributed by atoms with Crippen molar-refractivity contribution >= 4 is 27.7 Å². The summed E-state index contributed by atoms with van der Waals surface area (Å²) < 4.78 is 25.2. The van der Waals surface area contributed by atoms with E-state index in [0.717, 1.165) is 5.56 Å². The summed E-state index contributed by atoms with van der Waals surface area (Å²) in [4.78, 5) is 12.1. The topological polar surface area (TPSA) is 78.5 Å². The van der Waals surface area contributed by atoms with Crippen LogP contribution >= 0.6 is 11.6 Å². The Labute approximate surface area is 148 Å². The first kappa shape index (κ1) is 19.0.